The second-order valence-electron chi connectivity index (χ2n) is 3.32. The van der Waals surface area contributed by atoms with Gasteiger partial charge in [0.05, 0.1) is 11.1 Å². The lowest BCUT2D eigenvalue weighted by molar-refractivity contribution is 0.613. The van der Waals surface area contributed by atoms with Crippen LogP contribution in [0.2, 0.25) is 0 Å². The molecular weight excluding hydrogens is 212 g/mol. The van der Waals surface area contributed by atoms with Gasteiger partial charge in [-0.3, -0.25) is 0 Å². The second kappa shape index (κ2) is 3.13. The molecule has 0 bridgehead atoms. The van der Waals surface area contributed by atoms with Crippen molar-refractivity contribution in [1.82, 2.24) is 0 Å². The number of hydrogen-bond acceptors (Lipinski definition) is 4. The molecule has 15 heavy (non-hydrogen) atoms. The largest absolute Gasteiger partial charge is 0.399 e. The molecule has 0 saturated carbocycles. The van der Waals surface area contributed by atoms with Gasteiger partial charge in [-0.15, -0.1) is 0 Å². The molecule has 0 aliphatic carbocycles. The predicted molar refractivity (Wildman–Crippen MR) is 60.0 cm³/mol. The fourth-order valence-corrected chi connectivity index (χ4v) is 2.60. The molecule has 1 aliphatic heterocycles. The highest BCUT2D eigenvalue weighted by molar-refractivity contribution is 7.97. The summed E-state index contributed by atoms with van der Waals surface area (Å²) in [4.78, 5) is 0. The van der Waals surface area contributed by atoms with Crippen LogP contribution in [0.3, 0.4) is 0 Å². The molecular formula is C10H10N2O2S. The van der Waals surface area contributed by atoms with Crippen molar-refractivity contribution in [1.29, 1.82) is 0 Å². The van der Waals surface area contributed by atoms with E-state index in [0.29, 0.717) is 16.8 Å². The lowest BCUT2D eigenvalue weighted by Crippen LogP contribution is -1.97. The van der Waals surface area contributed by atoms with E-state index < -0.39 is 9.84 Å². The Labute approximate surface area is 87.8 Å². The highest BCUT2D eigenvalue weighted by atomic mass is 32.2. The topological polar surface area (TPSA) is 86.2 Å². The lowest BCUT2D eigenvalue weighted by Gasteiger charge is -2.03. The predicted octanol–water partition coefficient (Wildman–Crippen LogP) is 0.838. The minimum atomic E-state index is -3.30. The van der Waals surface area contributed by atoms with Gasteiger partial charge >= 0.3 is 0 Å². The first-order valence-corrected chi connectivity index (χ1v) is 5.89. The van der Waals surface area contributed by atoms with Gasteiger partial charge in [0.2, 0.25) is 0 Å². The molecule has 0 fully saturated rings. The standard InChI is InChI=1S/C10H10N2O2S/c11-8-3-1-2-7(4-8)9-5-15(13,14)6-10(9)12/h1-6H,11-12H2. The van der Waals surface area contributed by atoms with Gasteiger partial charge in [-0.2, -0.15) is 0 Å². The normalized spacial score (nSPS) is 18.4. The zero-order chi connectivity index (χ0) is 11.1. The summed E-state index contributed by atoms with van der Waals surface area (Å²) in [6.07, 6.45) is 0. The monoisotopic (exact) mass is 222 g/mol. The number of rotatable bonds is 1. The molecule has 1 heterocycles. The Kier molecular flexibility index (Phi) is 2.04. The average Bonchev–Trinajstić information content (AvgIpc) is 2.40. The van der Waals surface area contributed by atoms with E-state index in [-0.39, 0.29) is 5.70 Å². The summed E-state index contributed by atoms with van der Waals surface area (Å²) in [5.74, 6) is 0. The van der Waals surface area contributed by atoms with Crippen LogP contribution >= 0.6 is 0 Å². The Balaban J connectivity index is 2.56. The van der Waals surface area contributed by atoms with E-state index in [0.717, 1.165) is 10.8 Å². The van der Waals surface area contributed by atoms with E-state index in [9.17, 15) is 8.42 Å². The van der Waals surface area contributed by atoms with Crippen molar-refractivity contribution in [3.05, 3.63) is 46.3 Å². The van der Waals surface area contributed by atoms with Gasteiger partial charge in [-0.1, -0.05) is 12.1 Å². The highest BCUT2D eigenvalue weighted by Gasteiger charge is 2.19. The summed E-state index contributed by atoms with van der Waals surface area (Å²) in [6.45, 7) is 0. The summed E-state index contributed by atoms with van der Waals surface area (Å²) < 4.78 is 22.5. The molecule has 2 rings (SSSR count). The molecule has 1 aliphatic rings. The quantitative estimate of drug-likeness (QED) is 0.689. The van der Waals surface area contributed by atoms with Crippen LogP contribution in [0.4, 0.5) is 5.69 Å². The maximum Gasteiger partial charge on any atom is 0.195 e. The van der Waals surface area contributed by atoms with E-state index in [1.165, 1.54) is 0 Å². The minimum absolute atomic E-state index is 0.251. The number of nitrogen functional groups attached to an aromatic ring is 1. The zero-order valence-corrected chi connectivity index (χ0v) is 8.66. The van der Waals surface area contributed by atoms with Crippen molar-refractivity contribution in [2.45, 2.75) is 0 Å². The summed E-state index contributed by atoms with van der Waals surface area (Å²) in [7, 11) is -3.30. The summed E-state index contributed by atoms with van der Waals surface area (Å²) >= 11 is 0. The molecule has 1 aromatic rings. The third kappa shape index (κ3) is 1.87. The van der Waals surface area contributed by atoms with Crippen LogP contribution in [0.15, 0.2) is 40.8 Å². The van der Waals surface area contributed by atoms with Crippen molar-refractivity contribution < 1.29 is 8.42 Å². The number of nitrogens with two attached hydrogens (primary N) is 2. The third-order valence-corrected chi connectivity index (χ3v) is 3.23. The molecule has 0 atom stereocenters. The van der Waals surface area contributed by atoms with Crippen molar-refractivity contribution in [2.24, 2.45) is 5.73 Å². The molecule has 0 amide bonds. The highest BCUT2D eigenvalue weighted by Crippen LogP contribution is 2.28. The number of hydrogen-bond donors (Lipinski definition) is 2. The van der Waals surface area contributed by atoms with Crippen molar-refractivity contribution in [2.75, 3.05) is 5.73 Å². The van der Waals surface area contributed by atoms with E-state index in [4.69, 9.17) is 11.5 Å². The Bertz CT molecular complexity index is 571. The minimum Gasteiger partial charge on any atom is -0.399 e. The molecule has 0 aromatic heterocycles. The molecule has 1 aromatic carbocycles. The van der Waals surface area contributed by atoms with Crippen LogP contribution in [-0.4, -0.2) is 8.42 Å². The first-order valence-electron chi connectivity index (χ1n) is 4.28. The van der Waals surface area contributed by atoms with Crippen LogP contribution in [-0.2, 0) is 9.84 Å². The fraction of sp³-hybridized carbons (Fsp3) is 0. The van der Waals surface area contributed by atoms with Crippen LogP contribution in [0, 0.1) is 0 Å². The fourth-order valence-electron chi connectivity index (χ4n) is 1.45. The molecule has 5 heteroatoms. The van der Waals surface area contributed by atoms with Crippen molar-refractivity contribution in [3.8, 4) is 0 Å². The Morgan fingerprint density at radius 2 is 1.80 bits per heavy atom. The van der Waals surface area contributed by atoms with Gasteiger partial charge in [0.1, 0.15) is 0 Å². The third-order valence-electron chi connectivity index (χ3n) is 2.08. The first-order chi connectivity index (χ1) is 6.98. The van der Waals surface area contributed by atoms with Crippen LogP contribution in [0.1, 0.15) is 5.56 Å². The molecule has 4 N–H and O–H groups in total. The van der Waals surface area contributed by atoms with Gasteiger partial charge in [0, 0.05) is 16.7 Å². The van der Waals surface area contributed by atoms with E-state index in [2.05, 4.69) is 0 Å². The maximum atomic E-state index is 11.2. The van der Waals surface area contributed by atoms with Gasteiger partial charge in [-0.05, 0) is 17.7 Å². The van der Waals surface area contributed by atoms with Crippen LogP contribution in [0.5, 0.6) is 0 Å². The Hall–Kier alpha value is -1.75. The molecule has 0 radical (unpaired) electrons. The molecule has 0 unspecified atom stereocenters. The van der Waals surface area contributed by atoms with Gasteiger partial charge < -0.3 is 11.5 Å². The number of sulfone groups is 1. The Morgan fingerprint density at radius 1 is 1.07 bits per heavy atom. The zero-order valence-electron chi connectivity index (χ0n) is 7.84. The summed E-state index contributed by atoms with van der Waals surface area (Å²) in [6, 6.07) is 6.94. The number of benzene rings is 1. The summed E-state index contributed by atoms with van der Waals surface area (Å²) in [5, 5.41) is 2.20. The van der Waals surface area contributed by atoms with E-state index in [1.807, 2.05) is 0 Å². The Morgan fingerprint density at radius 3 is 2.33 bits per heavy atom. The average molecular weight is 222 g/mol. The van der Waals surface area contributed by atoms with E-state index >= 15 is 0 Å². The second-order valence-corrected chi connectivity index (χ2v) is 4.97. The number of allylic oxidation sites excluding steroid dienone is 1. The van der Waals surface area contributed by atoms with Crippen molar-refractivity contribution >= 4 is 21.1 Å². The first kappa shape index (κ1) is 9.79. The van der Waals surface area contributed by atoms with Gasteiger partial charge in [0.25, 0.3) is 0 Å². The maximum absolute atomic E-state index is 11.2. The number of anilines is 1. The van der Waals surface area contributed by atoms with Crippen LogP contribution < -0.4 is 11.5 Å². The van der Waals surface area contributed by atoms with Gasteiger partial charge in [-0.25, -0.2) is 8.42 Å². The van der Waals surface area contributed by atoms with Crippen LogP contribution in [0.25, 0.3) is 5.57 Å². The SMILES string of the molecule is NC1=CS(=O)(=O)C=C1c1cccc(N)c1. The summed E-state index contributed by atoms with van der Waals surface area (Å²) in [5.41, 5.74) is 13.3. The van der Waals surface area contributed by atoms with Gasteiger partial charge in [0.15, 0.2) is 9.84 Å². The lowest BCUT2D eigenvalue weighted by atomic mass is 10.1. The molecule has 78 valence electrons. The molecule has 4 nitrogen and oxygen atoms in total. The van der Waals surface area contributed by atoms with E-state index in [1.54, 1.807) is 24.3 Å². The van der Waals surface area contributed by atoms with Crippen molar-refractivity contribution in [3.63, 3.8) is 0 Å². The molecule has 0 saturated heterocycles. The molecule has 0 spiro atoms. The smallest absolute Gasteiger partial charge is 0.195 e.